The van der Waals surface area contributed by atoms with Crippen molar-refractivity contribution in [2.75, 3.05) is 0 Å². The van der Waals surface area contributed by atoms with Gasteiger partial charge in [0.05, 0.1) is 10.6 Å². The minimum absolute atomic E-state index is 0.0453. The van der Waals surface area contributed by atoms with E-state index in [1.165, 1.54) is 36.4 Å². The van der Waals surface area contributed by atoms with E-state index in [1.807, 2.05) is 6.07 Å². The van der Waals surface area contributed by atoms with Crippen LogP contribution in [0.15, 0.2) is 65.5 Å². The van der Waals surface area contributed by atoms with Gasteiger partial charge in [-0.3, -0.25) is 19.7 Å². The van der Waals surface area contributed by atoms with Gasteiger partial charge in [-0.15, -0.1) is 0 Å². The molecule has 1 amide bonds. The maximum atomic E-state index is 12.2. The maximum absolute atomic E-state index is 12.2. The number of halogens is 1. The molecule has 1 heterocycles. The summed E-state index contributed by atoms with van der Waals surface area (Å²) in [6.07, 6.45) is 0. The fourth-order valence-corrected chi connectivity index (χ4v) is 2.70. The molecule has 0 aliphatic heterocycles. The highest BCUT2D eigenvalue weighted by atomic mass is 35.5. The number of carbonyl (C=O) groups is 1. The summed E-state index contributed by atoms with van der Waals surface area (Å²) >= 11 is 6.05. The molecule has 2 aromatic carbocycles. The number of nitro benzene ring substituents is 1. The van der Waals surface area contributed by atoms with Gasteiger partial charge in [-0.2, -0.15) is 5.10 Å². The molecule has 0 saturated heterocycles. The summed E-state index contributed by atoms with van der Waals surface area (Å²) in [5.74, 6) is -0.393. The van der Waals surface area contributed by atoms with E-state index in [-0.39, 0.29) is 18.8 Å². The number of hydrogen-bond acceptors (Lipinski definition) is 5. The van der Waals surface area contributed by atoms with Crippen molar-refractivity contribution < 1.29 is 9.72 Å². The molecule has 1 N–H and O–H groups in total. The molecule has 142 valence electrons. The van der Waals surface area contributed by atoms with Crippen LogP contribution in [-0.2, 0) is 17.9 Å². The van der Waals surface area contributed by atoms with Gasteiger partial charge in [-0.25, -0.2) is 4.68 Å². The predicted octanol–water partition coefficient (Wildman–Crippen LogP) is 2.79. The summed E-state index contributed by atoms with van der Waals surface area (Å²) in [5.41, 5.74) is 1.30. The molecular formula is C19H15ClN4O4. The number of nitro groups is 1. The number of rotatable bonds is 6. The molecule has 1 aromatic heterocycles. The zero-order valence-electron chi connectivity index (χ0n) is 14.5. The SMILES string of the molecule is O=C(Cn1nc(-c2ccc([N+](=O)[O-])cc2)ccc1=O)NCc1ccccc1Cl. The van der Waals surface area contributed by atoms with Crippen LogP contribution < -0.4 is 10.9 Å². The Kier molecular flexibility index (Phi) is 5.81. The molecule has 0 unspecified atom stereocenters. The molecule has 0 radical (unpaired) electrons. The Labute approximate surface area is 164 Å². The predicted molar refractivity (Wildman–Crippen MR) is 104 cm³/mol. The van der Waals surface area contributed by atoms with Crippen molar-refractivity contribution in [2.45, 2.75) is 13.1 Å². The highest BCUT2D eigenvalue weighted by Gasteiger charge is 2.10. The molecule has 0 saturated carbocycles. The average Bonchev–Trinajstić information content (AvgIpc) is 2.69. The van der Waals surface area contributed by atoms with E-state index in [0.29, 0.717) is 16.3 Å². The first-order valence-electron chi connectivity index (χ1n) is 8.27. The summed E-state index contributed by atoms with van der Waals surface area (Å²) < 4.78 is 1.04. The fourth-order valence-electron chi connectivity index (χ4n) is 2.50. The molecule has 9 heteroatoms. The van der Waals surface area contributed by atoms with Crippen LogP contribution in [0.25, 0.3) is 11.3 Å². The molecule has 8 nitrogen and oxygen atoms in total. The minimum Gasteiger partial charge on any atom is -0.350 e. The largest absolute Gasteiger partial charge is 0.350 e. The highest BCUT2D eigenvalue weighted by molar-refractivity contribution is 6.31. The fraction of sp³-hybridized carbons (Fsp3) is 0.105. The number of amides is 1. The van der Waals surface area contributed by atoms with Gasteiger partial charge in [0.1, 0.15) is 6.54 Å². The minimum atomic E-state index is -0.499. The van der Waals surface area contributed by atoms with Gasteiger partial charge in [0.2, 0.25) is 5.91 Å². The van der Waals surface area contributed by atoms with Crippen LogP contribution >= 0.6 is 11.6 Å². The van der Waals surface area contributed by atoms with Crippen LogP contribution in [0.5, 0.6) is 0 Å². The lowest BCUT2D eigenvalue weighted by Crippen LogP contribution is -2.33. The van der Waals surface area contributed by atoms with E-state index in [2.05, 4.69) is 10.4 Å². The summed E-state index contributed by atoms with van der Waals surface area (Å²) in [6.45, 7) is -0.0284. The molecule has 0 aliphatic carbocycles. The third-order valence-electron chi connectivity index (χ3n) is 3.97. The van der Waals surface area contributed by atoms with Crippen LogP contribution in [0.1, 0.15) is 5.56 Å². The second-order valence-corrected chi connectivity index (χ2v) is 6.29. The maximum Gasteiger partial charge on any atom is 0.269 e. The third-order valence-corrected chi connectivity index (χ3v) is 4.34. The summed E-state index contributed by atoms with van der Waals surface area (Å²) in [6, 6.07) is 15.7. The number of carbonyl (C=O) groups excluding carboxylic acids is 1. The summed E-state index contributed by atoms with van der Waals surface area (Å²) in [4.78, 5) is 34.5. The molecule has 0 fully saturated rings. The van der Waals surface area contributed by atoms with Gasteiger partial charge in [-0.1, -0.05) is 29.8 Å². The smallest absolute Gasteiger partial charge is 0.269 e. The van der Waals surface area contributed by atoms with Gasteiger partial charge in [0.25, 0.3) is 11.2 Å². The van der Waals surface area contributed by atoms with E-state index in [1.54, 1.807) is 18.2 Å². The van der Waals surface area contributed by atoms with Gasteiger partial charge in [0.15, 0.2) is 0 Å². The Morgan fingerprint density at radius 3 is 2.50 bits per heavy atom. The monoisotopic (exact) mass is 398 g/mol. The molecule has 0 aliphatic rings. The van der Waals surface area contributed by atoms with Crippen molar-refractivity contribution >= 4 is 23.2 Å². The molecule has 28 heavy (non-hydrogen) atoms. The number of hydrogen-bond donors (Lipinski definition) is 1. The Morgan fingerprint density at radius 1 is 1.11 bits per heavy atom. The van der Waals surface area contributed by atoms with Crippen molar-refractivity contribution in [3.8, 4) is 11.3 Å². The van der Waals surface area contributed by atoms with Crippen LogP contribution in [0.3, 0.4) is 0 Å². The second kappa shape index (κ2) is 8.45. The van der Waals surface area contributed by atoms with Crippen LogP contribution in [0.4, 0.5) is 5.69 Å². The zero-order valence-corrected chi connectivity index (χ0v) is 15.3. The van der Waals surface area contributed by atoms with E-state index in [0.717, 1.165) is 10.2 Å². The lowest BCUT2D eigenvalue weighted by atomic mass is 10.1. The highest BCUT2D eigenvalue weighted by Crippen LogP contribution is 2.19. The van der Waals surface area contributed by atoms with Gasteiger partial charge in [-0.05, 0) is 29.8 Å². The van der Waals surface area contributed by atoms with Gasteiger partial charge < -0.3 is 5.32 Å². The quantitative estimate of drug-likeness (QED) is 0.507. The number of nitrogens with zero attached hydrogens (tertiary/aromatic N) is 3. The standard InChI is InChI=1S/C19H15ClN4O4/c20-16-4-2-1-3-14(16)11-21-18(25)12-23-19(26)10-9-17(22-23)13-5-7-15(8-6-13)24(27)28/h1-10H,11-12H2,(H,21,25). The Hall–Kier alpha value is -3.52. The Balaban J connectivity index is 1.72. The number of benzene rings is 2. The van der Waals surface area contributed by atoms with Crippen molar-refractivity contribution in [1.29, 1.82) is 0 Å². The number of non-ortho nitro benzene ring substituents is 1. The van der Waals surface area contributed by atoms with E-state index in [9.17, 15) is 19.7 Å². The first kappa shape index (κ1) is 19.2. The second-order valence-electron chi connectivity index (χ2n) is 5.89. The first-order chi connectivity index (χ1) is 13.4. The van der Waals surface area contributed by atoms with Crippen molar-refractivity contribution in [3.05, 3.63) is 91.7 Å². The molecule has 0 spiro atoms. The van der Waals surface area contributed by atoms with Crippen molar-refractivity contribution in [1.82, 2.24) is 15.1 Å². The summed E-state index contributed by atoms with van der Waals surface area (Å²) in [5, 5.41) is 18.2. The van der Waals surface area contributed by atoms with Crippen molar-refractivity contribution in [3.63, 3.8) is 0 Å². The molecule has 3 aromatic rings. The van der Waals surface area contributed by atoms with Crippen LogP contribution in [0, 0.1) is 10.1 Å². The molecule has 3 rings (SSSR count). The van der Waals surface area contributed by atoms with Crippen LogP contribution in [0.2, 0.25) is 5.02 Å². The lowest BCUT2D eigenvalue weighted by molar-refractivity contribution is -0.384. The van der Waals surface area contributed by atoms with E-state index >= 15 is 0 Å². The van der Waals surface area contributed by atoms with Gasteiger partial charge >= 0.3 is 0 Å². The zero-order chi connectivity index (χ0) is 20.1. The topological polar surface area (TPSA) is 107 Å². The third kappa shape index (κ3) is 4.60. The van der Waals surface area contributed by atoms with Gasteiger partial charge in [0, 0.05) is 35.3 Å². The Bertz CT molecular complexity index is 1080. The molecule has 0 bridgehead atoms. The van der Waals surface area contributed by atoms with E-state index in [4.69, 9.17) is 11.6 Å². The number of nitrogens with one attached hydrogen (secondary N) is 1. The van der Waals surface area contributed by atoms with Crippen molar-refractivity contribution in [2.24, 2.45) is 0 Å². The normalized spacial score (nSPS) is 10.5. The van der Waals surface area contributed by atoms with Crippen LogP contribution in [-0.4, -0.2) is 20.6 Å². The summed E-state index contributed by atoms with van der Waals surface area (Å²) in [7, 11) is 0. The lowest BCUT2D eigenvalue weighted by Gasteiger charge is -2.09. The Morgan fingerprint density at radius 2 is 1.82 bits per heavy atom. The average molecular weight is 399 g/mol. The van der Waals surface area contributed by atoms with E-state index < -0.39 is 16.4 Å². The first-order valence-corrected chi connectivity index (χ1v) is 8.65. The number of aromatic nitrogens is 2. The molecule has 0 atom stereocenters. The molecular weight excluding hydrogens is 384 g/mol.